The second-order valence-electron chi connectivity index (χ2n) is 4.69. The summed E-state index contributed by atoms with van der Waals surface area (Å²) in [6, 6.07) is 0. The summed E-state index contributed by atoms with van der Waals surface area (Å²) in [7, 11) is -2.89. The SMILES string of the molecule is CCCS(=O)(=O)CCNCC(CC)(CC)CO. The third-order valence-corrected chi connectivity index (χ3v) is 5.30. The predicted octanol–water partition coefficient (Wildman–Crippen LogP) is 1.20. The molecule has 2 N–H and O–H groups in total. The summed E-state index contributed by atoms with van der Waals surface area (Å²) in [5, 5.41) is 12.5. The molecule has 0 rings (SSSR count). The van der Waals surface area contributed by atoms with E-state index in [4.69, 9.17) is 0 Å². The molecule has 0 bridgehead atoms. The summed E-state index contributed by atoms with van der Waals surface area (Å²) >= 11 is 0. The van der Waals surface area contributed by atoms with Gasteiger partial charge in [-0.3, -0.25) is 0 Å². The van der Waals surface area contributed by atoms with E-state index in [-0.39, 0.29) is 23.5 Å². The zero-order valence-electron chi connectivity index (χ0n) is 11.3. The van der Waals surface area contributed by atoms with Crippen LogP contribution in [0.15, 0.2) is 0 Å². The summed E-state index contributed by atoms with van der Waals surface area (Å²) in [6.07, 6.45) is 2.47. The summed E-state index contributed by atoms with van der Waals surface area (Å²) in [5.74, 6) is 0.456. The molecular formula is C12H27NO3S. The van der Waals surface area contributed by atoms with E-state index in [9.17, 15) is 13.5 Å². The van der Waals surface area contributed by atoms with Crippen molar-refractivity contribution < 1.29 is 13.5 Å². The fourth-order valence-electron chi connectivity index (χ4n) is 1.77. The fourth-order valence-corrected chi connectivity index (χ4v) is 3.06. The highest BCUT2D eigenvalue weighted by atomic mass is 32.2. The Hall–Kier alpha value is -0.130. The quantitative estimate of drug-likeness (QED) is 0.583. The van der Waals surface area contributed by atoms with Gasteiger partial charge in [0.1, 0.15) is 0 Å². The fraction of sp³-hybridized carbons (Fsp3) is 1.00. The molecule has 0 aliphatic carbocycles. The first-order chi connectivity index (χ1) is 7.95. The van der Waals surface area contributed by atoms with Crippen molar-refractivity contribution in [2.24, 2.45) is 5.41 Å². The van der Waals surface area contributed by atoms with Crippen molar-refractivity contribution in [1.29, 1.82) is 0 Å². The van der Waals surface area contributed by atoms with Gasteiger partial charge in [0.05, 0.1) is 5.75 Å². The molecule has 0 fully saturated rings. The summed E-state index contributed by atoms with van der Waals surface area (Å²) in [6.45, 7) is 7.28. The molecule has 0 unspecified atom stereocenters. The molecule has 0 aromatic rings. The molecule has 0 spiro atoms. The predicted molar refractivity (Wildman–Crippen MR) is 71.9 cm³/mol. The lowest BCUT2D eigenvalue weighted by Gasteiger charge is -2.29. The van der Waals surface area contributed by atoms with Gasteiger partial charge in [0, 0.05) is 30.9 Å². The first-order valence-electron chi connectivity index (χ1n) is 6.47. The van der Waals surface area contributed by atoms with Gasteiger partial charge in [-0.2, -0.15) is 0 Å². The molecule has 0 atom stereocenters. The van der Waals surface area contributed by atoms with Crippen LogP contribution in [0, 0.1) is 5.41 Å². The Bertz CT molecular complexity index is 276. The van der Waals surface area contributed by atoms with Crippen LogP contribution in [-0.4, -0.2) is 44.7 Å². The van der Waals surface area contributed by atoms with Crippen LogP contribution in [0.3, 0.4) is 0 Å². The Morgan fingerprint density at radius 1 is 1.12 bits per heavy atom. The lowest BCUT2D eigenvalue weighted by atomic mass is 9.83. The second-order valence-corrected chi connectivity index (χ2v) is 7.00. The van der Waals surface area contributed by atoms with Gasteiger partial charge < -0.3 is 10.4 Å². The van der Waals surface area contributed by atoms with E-state index >= 15 is 0 Å². The first-order valence-corrected chi connectivity index (χ1v) is 8.29. The van der Waals surface area contributed by atoms with Gasteiger partial charge in [-0.05, 0) is 19.3 Å². The van der Waals surface area contributed by atoms with Crippen molar-refractivity contribution in [2.75, 3.05) is 31.2 Å². The van der Waals surface area contributed by atoms with Crippen LogP contribution in [0.2, 0.25) is 0 Å². The van der Waals surface area contributed by atoms with Crippen LogP contribution in [0.4, 0.5) is 0 Å². The number of rotatable bonds is 10. The minimum absolute atomic E-state index is 0.103. The smallest absolute Gasteiger partial charge is 0.151 e. The van der Waals surface area contributed by atoms with E-state index in [1.807, 2.05) is 6.92 Å². The number of aliphatic hydroxyl groups excluding tert-OH is 1. The standard InChI is InChI=1S/C12H27NO3S/c1-4-8-17(15,16)9-7-13-10-12(5-2,6-3)11-14/h13-14H,4-11H2,1-3H3. The molecular weight excluding hydrogens is 238 g/mol. The molecule has 0 aliphatic heterocycles. The van der Waals surface area contributed by atoms with Gasteiger partial charge in [0.2, 0.25) is 0 Å². The maximum atomic E-state index is 11.5. The largest absolute Gasteiger partial charge is 0.396 e. The van der Waals surface area contributed by atoms with E-state index in [0.717, 1.165) is 12.8 Å². The molecule has 0 aliphatic rings. The molecule has 0 saturated carbocycles. The third-order valence-electron chi connectivity index (χ3n) is 3.44. The minimum Gasteiger partial charge on any atom is -0.396 e. The van der Waals surface area contributed by atoms with Crippen molar-refractivity contribution in [2.45, 2.75) is 40.0 Å². The van der Waals surface area contributed by atoms with E-state index in [1.165, 1.54) is 0 Å². The number of nitrogens with one attached hydrogen (secondary N) is 1. The summed E-state index contributed by atoms with van der Waals surface area (Å²) < 4.78 is 22.9. The minimum atomic E-state index is -2.89. The Labute approximate surface area is 106 Å². The van der Waals surface area contributed by atoms with Crippen molar-refractivity contribution in [3.63, 3.8) is 0 Å². The van der Waals surface area contributed by atoms with Crippen LogP contribution >= 0.6 is 0 Å². The van der Waals surface area contributed by atoms with Gasteiger partial charge in [0.25, 0.3) is 0 Å². The van der Waals surface area contributed by atoms with Crippen LogP contribution in [0.1, 0.15) is 40.0 Å². The Morgan fingerprint density at radius 2 is 1.71 bits per heavy atom. The van der Waals surface area contributed by atoms with E-state index in [2.05, 4.69) is 19.2 Å². The van der Waals surface area contributed by atoms with E-state index in [1.54, 1.807) is 0 Å². The molecule has 17 heavy (non-hydrogen) atoms. The van der Waals surface area contributed by atoms with E-state index in [0.29, 0.717) is 19.5 Å². The Balaban J connectivity index is 3.99. The van der Waals surface area contributed by atoms with Gasteiger partial charge in [-0.1, -0.05) is 20.8 Å². The maximum absolute atomic E-state index is 11.5. The molecule has 5 heteroatoms. The van der Waals surface area contributed by atoms with Gasteiger partial charge >= 0.3 is 0 Å². The van der Waals surface area contributed by atoms with Gasteiger partial charge in [0.15, 0.2) is 9.84 Å². The number of aliphatic hydroxyl groups is 1. The van der Waals surface area contributed by atoms with Gasteiger partial charge in [-0.15, -0.1) is 0 Å². The van der Waals surface area contributed by atoms with Crippen molar-refractivity contribution in [1.82, 2.24) is 5.32 Å². The summed E-state index contributed by atoms with van der Waals surface area (Å²) in [5.41, 5.74) is -0.103. The number of hydrogen-bond acceptors (Lipinski definition) is 4. The highest BCUT2D eigenvalue weighted by molar-refractivity contribution is 7.91. The zero-order chi connectivity index (χ0) is 13.4. The van der Waals surface area contributed by atoms with Crippen LogP contribution in [-0.2, 0) is 9.84 Å². The third kappa shape index (κ3) is 6.38. The number of sulfone groups is 1. The highest BCUT2D eigenvalue weighted by Gasteiger charge is 2.24. The first kappa shape index (κ1) is 16.9. The molecule has 0 aromatic carbocycles. The van der Waals surface area contributed by atoms with Crippen molar-refractivity contribution in [3.8, 4) is 0 Å². The monoisotopic (exact) mass is 265 g/mol. The summed E-state index contributed by atoms with van der Waals surface area (Å²) in [4.78, 5) is 0. The second kappa shape index (κ2) is 8.06. The van der Waals surface area contributed by atoms with Crippen molar-refractivity contribution >= 4 is 9.84 Å². The van der Waals surface area contributed by atoms with Crippen LogP contribution < -0.4 is 5.32 Å². The number of hydrogen-bond donors (Lipinski definition) is 2. The molecule has 4 nitrogen and oxygen atoms in total. The Morgan fingerprint density at radius 3 is 2.12 bits per heavy atom. The Kier molecular flexibility index (Phi) is 8.00. The molecule has 104 valence electrons. The highest BCUT2D eigenvalue weighted by Crippen LogP contribution is 2.24. The molecule has 0 amide bonds. The normalized spacial score (nSPS) is 12.9. The molecule has 0 aromatic heterocycles. The average molecular weight is 265 g/mol. The lowest BCUT2D eigenvalue weighted by Crippen LogP contribution is -2.38. The molecule has 0 radical (unpaired) electrons. The average Bonchev–Trinajstić information content (AvgIpc) is 2.30. The molecule has 0 saturated heterocycles. The van der Waals surface area contributed by atoms with Crippen molar-refractivity contribution in [3.05, 3.63) is 0 Å². The van der Waals surface area contributed by atoms with Crippen LogP contribution in [0.5, 0.6) is 0 Å². The van der Waals surface area contributed by atoms with Crippen LogP contribution in [0.25, 0.3) is 0 Å². The molecule has 0 heterocycles. The topological polar surface area (TPSA) is 66.4 Å². The lowest BCUT2D eigenvalue weighted by molar-refractivity contribution is 0.114. The van der Waals surface area contributed by atoms with E-state index < -0.39 is 9.84 Å². The zero-order valence-corrected chi connectivity index (χ0v) is 12.1. The van der Waals surface area contributed by atoms with Gasteiger partial charge in [-0.25, -0.2) is 8.42 Å². The maximum Gasteiger partial charge on any atom is 0.151 e.